The summed E-state index contributed by atoms with van der Waals surface area (Å²) in [6.45, 7) is 3.99. The minimum Gasteiger partial charge on any atom is -0.491 e. The Morgan fingerprint density at radius 1 is 1.25 bits per heavy atom. The zero-order valence-electron chi connectivity index (χ0n) is 18.4. The van der Waals surface area contributed by atoms with Gasteiger partial charge in [-0.15, -0.1) is 0 Å². The monoisotopic (exact) mass is 457 g/mol. The van der Waals surface area contributed by atoms with Gasteiger partial charge in [-0.05, 0) is 68.5 Å². The zero-order valence-corrected chi connectivity index (χ0v) is 19.2. The van der Waals surface area contributed by atoms with Crippen molar-refractivity contribution in [3.8, 4) is 5.75 Å². The van der Waals surface area contributed by atoms with Crippen LogP contribution in [0.1, 0.15) is 32.6 Å². The van der Waals surface area contributed by atoms with Gasteiger partial charge in [-0.3, -0.25) is 0 Å². The van der Waals surface area contributed by atoms with E-state index in [1.165, 1.54) is 44.1 Å². The molecule has 3 aromatic rings. The van der Waals surface area contributed by atoms with Gasteiger partial charge in [0, 0.05) is 17.1 Å². The lowest BCUT2D eigenvalue weighted by molar-refractivity contribution is 0.0133. The highest BCUT2D eigenvalue weighted by atomic mass is 35.5. The van der Waals surface area contributed by atoms with Gasteiger partial charge in [0.05, 0.1) is 22.8 Å². The van der Waals surface area contributed by atoms with Crippen LogP contribution in [0.2, 0.25) is 5.02 Å². The fraction of sp³-hybridized carbons (Fsp3) is 0.417. The molecule has 1 aliphatic carbocycles. The normalized spacial score (nSPS) is 20.2. The summed E-state index contributed by atoms with van der Waals surface area (Å²) >= 11 is 5.89. The van der Waals surface area contributed by atoms with Crippen LogP contribution in [0.5, 0.6) is 5.75 Å². The van der Waals surface area contributed by atoms with Gasteiger partial charge in [0.25, 0.3) is 0 Å². The Labute approximate surface area is 192 Å². The third kappa shape index (κ3) is 4.74. The molecule has 1 aliphatic rings. The summed E-state index contributed by atoms with van der Waals surface area (Å²) in [5.74, 6) is 1.27. The summed E-state index contributed by atoms with van der Waals surface area (Å²) in [5.41, 5.74) is 8.61. The molecule has 170 valence electrons. The van der Waals surface area contributed by atoms with Crippen LogP contribution in [0.4, 0.5) is 21.6 Å². The second kappa shape index (κ2) is 9.46. The molecule has 32 heavy (non-hydrogen) atoms. The van der Waals surface area contributed by atoms with Crippen LogP contribution in [0.3, 0.4) is 0 Å². The molecule has 0 aliphatic heterocycles. The average molecular weight is 458 g/mol. The van der Waals surface area contributed by atoms with Crippen LogP contribution in [0, 0.1) is 17.2 Å². The van der Waals surface area contributed by atoms with Crippen molar-refractivity contribution in [2.75, 3.05) is 31.2 Å². The molecule has 0 atom stereocenters. The Kier molecular flexibility index (Phi) is 6.67. The summed E-state index contributed by atoms with van der Waals surface area (Å²) in [4.78, 5) is 8.68. The second-order valence-electron chi connectivity index (χ2n) is 8.68. The maximum atomic E-state index is 13.4. The quantitative estimate of drug-likeness (QED) is 0.365. The summed E-state index contributed by atoms with van der Waals surface area (Å²) in [5, 5.41) is 7.21. The lowest BCUT2D eigenvalue weighted by Gasteiger charge is -2.47. The van der Waals surface area contributed by atoms with E-state index in [9.17, 15) is 4.39 Å². The molecule has 1 fully saturated rings. The first-order chi connectivity index (χ1) is 15.4. The summed E-state index contributed by atoms with van der Waals surface area (Å²) in [6.07, 6.45) is 6.26. The molecule has 0 bridgehead atoms. The molecule has 0 spiro atoms. The van der Waals surface area contributed by atoms with Crippen molar-refractivity contribution in [3.05, 3.63) is 47.5 Å². The van der Waals surface area contributed by atoms with Crippen molar-refractivity contribution in [2.24, 2.45) is 11.3 Å². The van der Waals surface area contributed by atoms with Crippen molar-refractivity contribution in [1.82, 2.24) is 15.3 Å². The fourth-order valence-corrected chi connectivity index (χ4v) is 4.77. The Balaban J connectivity index is 1.46. The predicted molar refractivity (Wildman–Crippen MR) is 128 cm³/mol. The minimum atomic E-state index is -0.472. The van der Waals surface area contributed by atoms with E-state index in [4.69, 9.17) is 22.1 Å². The lowest BCUT2D eigenvalue weighted by atomic mass is 9.59. The molecule has 0 unspecified atom stereocenters. The number of aromatic nitrogens is 2. The van der Waals surface area contributed by atoms with E-state index in [-0.39, 0.29) is 5.02 Å². The van der Waals surface area contributed by atoms with Gasteiger partial charge < -0.3 is 21.1 Å². The van der Waals surface area contributed by atoms with Gasteiger partial charge in [-0.25, -0.2) is 14.4 Å². The van der Waals surface area contributed by atoms with Crippen LogP contribution in [0.25, 0.3) is 10.9 Å². The highest BCUT2D eigenvalue weighted by Gasteiger charge is 2.42. The Bertz CT molecular complexity index is 1100. The van der Waals surface area contributed by atoms with Crippen LogP contribution in [0.15, 0.2) is 36.7 Å². The molecule has 0 amide bonds. The van der Waals surface area contributed by atoms with Crippen LogP contribution >= 0.6 is 11.6 Å². The summed E-state index contributed by atoms with van der Waals surface area (Å²) in [7, 11) is 2.00. The Morgan fingerprint density at radius 3 is 2.78 bits per heavy atom. The minimum absolute atomic E-state index is 0.0394. The number of rotatable bonds is 9. The number of nitrogens with one attached hydrogen (secondary N) is 2. The number of nitrogens with two attached hydrogens (primary N) is 1. The van der Waals surface area contributed by atoms with Crippen LogP contribution < -0.4 is 21.1 Å². The van der Waals surface area contributed by atoms with E-state index in [2.05, 4.69) is 27.5 Å². The van der Waals surface area contributed by atoms with Crippen molar-refractivity contribution in [2.45, 2.75) is 32.6 Å². The first-order valence-corrected chi connectivity index (χ1v) is 11.3. The van der Waals surface area contributed by atoms with Gasteiger partial charge >= 0.3 is 0 Å². The molecule has 8 heteroatoms. The number of anilines is 3. The summed E-state index contributed by atoms with van der Waals surface area (Å²) < 4.78 is 19.5. The van der Waals surface area contributed by atoms with Crippen molar-refractivity contribution in [3.63, 3.8) is 0 Å². The fourth-order valence-electron chi connectivity index (χ4n) is 4.59. The number of hydrogen-bond acceptors (Lipinski definition) is 6. The summed E-state index contributed by atoms with van der Waals surface area (Å²) in [6, 6.07) is 8.07. The smallest absolute Gasteiger partial charge is 0.144 e. The standard InChI is InChI=1S/C24H29ClFN5O/c1-3-24(6-7-28-2)11-15(12-24)13-32-22-10-21-17(9-20(22)27)23(30-14-29-21)31-16-4-5-19(26)18(25)8-16/h4-5,8-10,14-15,28H,3,6-7,11-13,27H2,1-2H3,(H,29,30,31). The SMILES string of the molecule is CCC1(CCNC)CC(COc2cc3ncnc(Nc4ccc(F)c(Cl)c4)c3cc2N)C1. The van der Waals surface area contributed by atoms with Gasteiger partial charge in [0.1, 0.15) is 23.7 Å². The van der Waals surface area contributed by atoms with Gasteiger partial charge in [-0.2, -0.15) is 0 Å². The molecule has 1 heterocycles. The third-order valence-corrected chi connectivity index (χ3v) is 6.81. The molecule has 6 nitrogen and oxygen atoms in total. The predicted octanol–water partition coefficient (Wildman–Crippen LogP) is 5.54. The largest absolute Gasteiger partial charge is 0.491 e. The lowest BCUT2D eigenvalue weighted by Crippen LogP contribution is -2.41. The Morgan fingerprint density at radius 2 is 2.06 bits per heavy atom. The zero-order chi connectivity index (χ0) is 22.7. The molecule has 4 N–H and O–H groups in total. The molecule has 4 rings (SSSR count). The number of benzene rings is 2. The van der Waals surface area contributed by atoms with E-state index < -0.39 is 5.82 Å². The second-order valence-corrected chi connectivity index (χ2v) is 9.08. The van der Waals surface area contributed by atoms with Gasteiger partial charge in [-0.1, -0.05) is 24.9 Å². The van der Waals surface area contributed by atoms with Crippen LogP contribution in [-0.4, -0.2) is 30.2 Å². The van der Waals surface area contributed by atoms with E-state index in [1.807, 2.05) is 19.2 Å². The molecule has 2 aromatic carbocycles. The number of halogens is 2. The van der Waals surface area contributed by atoms with E-state index in [1.54, 1.807) is 6.07 Å². The molecule has 1 aromatic heterocycles. The maximum absolute atomic E-state index is 13.4. The highest BCUT2D eigenvalue weighted by molar-refractivity contribution is 6.31. The number of fused-ring (bicyclic) bond motifs is 1. The third-order valence-electron chi connectivity index (χ3n) is 6.52. The van der Waals surface area contributed by atoms with E-state index in [0.29, 0.717) is 46.4 Å². The van der Waals surface area contributed by atoms with E-state index in [0.717, 1.165) is 11.9 Å². The van der Waals surface area contributed by atoms with Gasteiger partial charge in [0.15, 0.2) is 0 Å². The Hall–Kier alpha value is -2.64. The highest BCUT2D eigenvalue weighted by Crippen LogP contribution is 2.50. The molecular weight excluding hydrogens is 429 g/mol. The topological polar surface area (TPSA) is 85.1 Å². The molecule has 0 radical (unpaired) electrons. The first kappa shape index (κ1) is 22.6. The number of nitrogen functional groups attached to an aromatic ring is 1. The number of hydrogen-bond donors (Lipinski definition) is 3. The van der Waals surface area contributed by atoms with Crippen LogP contribution in [-0.2, 0) is 0 Å². The molecule has 0 saturated heterocycles. The van der Waals surface area contributed by atoms with Crippen molar-refractivity contribution < 1.29 is 9.13 Å². The number of ether oxygens (including phenoxy) is 1. The van der Waals surface area contributed by atoms with Crippen molar-refractivity contribution in [1.29, 1.82) is 0 Å². The molecular formula is C24H29ClFN5O. The first-order valence-electron chi connectivity index (χ1n) is 11.0. The van der Waals surface area contributed by atoms with Gasteiger partial charge in [0.2, 0.25) is 0 Å². The average Bonchev–Trinajstić information content (AvgIpc) is 2.76. The maximum Gasteiger partial charge on any atom is 0.144 e. The van der Waals surface area contributed by atoms with E-state index >= 15 is 0 Å². The molecule has 1 saturated carbocycles. The van der Waals surface area contributed by atoms with Crippen molar-refractivity contribution >= 4 is 39.7 Å². The number of nitrogens with zero attached hydrogens (tertiary/aromatic N) is 2.